The van der Waals surface area contributed by atoms with Crippen molar-refractivity contribution in [2.45, 2.75) is 38.2 Å². The van der Waals surface area contributed by atoms with Crippen LogP contribution in [-0.2, 0) is 5.60 Å². The van der Waals surface area contributed by atoms with Gasteiger partial charge in [-0.1, -0.05) is 25.1 Å². The molecule has 0 bridgehead atoms. The van der Waals surface area contributed by atoms with Gasteiger partial charge >= 0.3 is 0 Å². The van der Waals surface area contributed by atoms with Crippen LogP contribution in [0.4, 0.5) is 0 Å². The van der Waals surface area contributed by atoms with Crippen LogP contribution in [0.3, 0.4) is 0 Å². The summed E-state index contributed by atoms with van der Waals surface area (Å²) in [6, 6.07) is 7.12. The number of para-hydroxylation sites is 1. The fourth-order valence-electron chi connectivity index (χ4n) is 2.38. The molecule has 0 atom stereocenters. The van der Waals surface area contributed by atoms with E-state index < -0.39 is 5.60 Å². The van der Waals surface area contributed by atoms with Crippen molar-refractivity contribution in [1.82, 2.24) is 0 Å². The summed E-state index contributed by atoms with van der Waals surface area (Å²) in [7, 11) is 0. The standard InChI is InChI=1S/C13H18O2/c1-10-6-8-13(15,9-7-10)11-4-2-3-5-12(11)14/h2-5,10,14-15H,6-9H2,1H3. The van der Waals surface area contributed by atoms with Crippen LogP contribution in [-0.4, -0.2) is 10.2 Å². The molecule has 2 nitrogen and oxygen atoms in total. The Balaban J connectivity index is 2.26. The van der Waals surface area contributed by atoms with Crippen molar-refractivity contribution in [3.8, 4) is 5.75 Å². The Hall–Kier alpha value is -1.02. The average molecular weight is 206 g/mol. The molecule has 0 saturated heterocycles. The predicted octanol–water partition coefficient (Wildman–Crippen LogP) is 2.79. The molecule has 2 N–H and O–H groups in total. The number of aliphatic hydroxyl groups is 1. The van der Waals surface area contributed by atoms with Crippen molar-refractivity contribution < 1.29 is 10.2 Å². The first kappa shape index (κ1) is 10.5. The van der Waals surface area contributed by atoms with Crippen LogP contribution < -0.4 is 0 Å². The highest BCUT2D eigenvalue weighted by Crippen LogP contribution is 2.42. The lowest BCUT2D eigenvalue weighted by Crippen LogP contribution is -2.30. The van der Waals surface area contributed by atoms with E-state index in [0.29, 0.717) is 11.5 Å². The molecular formula is C13H18O2. The van der Waals surface area contributed by atoms with Crippen molar-refractivity contribution >= 4 is 0 Å². The molecule has 1 aliphatic rings. The molecule has 15 heavy (non-hydrogen) atoms. The lowest BCUT2D eigenvalue weighted by molar-refractivity contribution is -0.0137. The number of aromatic hydroxyl groups is 1. The summed E-state index contributed by atoms with van der Waals surface area (Å²) >= 11 is 0. The van der Waals surface area contributed by atoms with Gasteiger partial charge in [0.15, 0.2) is 0 Å². The Kier molecular flexibility index (Phi) is 2.70. The van der Waals surface area contributed by atoms with Crippen LogP contribution >= 0.6 is 0 Å². The van der Waals surface area contributed by atoms with Gasteiger partial charge in [-0.05, 0) is 37.7 Å². The number of rotatable bonds is 1. The number of hydrogen-bond donors (Lipinski definition) is 2. The van der Waals surface area contributed by atoms with E-state index in [4.69, 9.17) is 0 Å². The van der Waals surface area contributed by atoms with Gasteiger partial charge in [-0.25, -0.2) is 0 Å². The second-order valence-corrected chi connectivity index (χ2v) is 4.73. The van der Waals surface area contributed by atoms with Crippen LogP contribution in [0.5, 0.6) is 5.75 Å². The molecule has 0 spiro atoms. The van der Waals surface area contributed by atoms with E-state index in [1.54, 1.807) is 12.1 Å². The fraction of sp³-hybridized carbons (Fsp3) is 0.538. The minimum absolute atomic E-state index is 0.217. The zero-order valence-electron chi connectivity index (χ0n) is 9.11. The molecular weight excluding hydrogens is 188 g/mol. The van der Waals surface area contributed by atoms with E-state index >= 15 is 0 Å². The molecule has 0 heterocycles. The lowest BCUT2D eigenvalue weighted by Gasteiger charge is -2.35. The molecule has 1 saturated carbocycles. The molecule has 2 rings (SSSR count). The highest BCUT2D eigenvalue weighted by atomic mass is 16.3. The summed E-state index contributed by atoms with van der Waals surface area (Å²) < 4.78 is 0. The number of phenols is 1. The normalized spacial score (nSPS) is 31.5. The second-order valence-electron chi connectivity index (χ2n) is 4.73. The smallest absolute Gasteiger partial charge is 0.121 e. The van der Waals surface area contributed by atoms with Gasteiger partial charge in [-0.3, -0.25) is 0 Å². The van der Waals surface area contributed by atoms with E-state index in [2.05, 4.69) is 6.92 Å². The van der Waals surface area contributed by atoms with E-state index in [-0.39, 0.29) is 5.75 Å². The first-order valence-electron chi connectivity index (χ1n) is 5.63. The number of hydrogen-bond acceptors (Lipinski definition) is 2. The Bertz CT molecular complexity index is 338. The molecule has 0 aliphatic heterocycles. The second kappa shape index (κ2) is 3.86. The highest BCUT2D eigenvalue weighted by molar-refractivity contribution is 5.36. The third-order valence-corrected chi connectivity index (χ3v) is 3.51. The molecule has 1 aromatic rings. The molecule has 1 aliphatic carbocycles. The topological polar surface area (TPSA) is 40.5 Å². The SMILES string of the molecule is CC1CCC(O)(c2ccccc2O)CC1. The monoisotopic (exact) mass is 206 g/mol. The molecule has 0 amide bonds. The van der Waals surface area contributed by atoms with Gasteiger partial charge in [0.25, 0.3) is 0 Å². The first-order chi connectivity index (χ1) is 7.12. The van der Waals surface area contributed by atoms with Crippen LogP contribution in [0.2, 0.25) is 0 Å². The summed E-state index contributed by atoms with van der Waals surface area (Å²) in [5.74, 6) is 0.908. The molecule has 82 valence electrons. The fourth-order valence-corrected chi connectivity index (χ4v) is 2.38. The van der Waals surface area contributed by atoms with E-state index in [0.717, 1.165) is 25.7 Å². The zero-order valence-corrected chi connectivity index (χ0v) is 9.11. The van der Waals surface area contributed by atoms with Crippen LogP contribution in [0.15, 0.2) is 24.3 Å². The van der Waals surface area contributed by atoms with Gasteiger partial charge in [-0.15, -0.1) is 0 Å². The summed E-state index contributed by atoms with van der Waals surface area (Å²) in [6.07, 6.45) is 3.58. The molecule has 0 aromatic heterocycles. The highest BCUT2D eigenvalue weighted by Gasteiger charge is 2.35. The van der Waals surface area contributed by atoms with Crippen LogP contribution in [0, 0.1) is 5.92 Å². The molecule has 0 radical (unpaired) electrons. The quantitative estimate of drug-likeness (QED) is 0.741. The number of benzene rings is 1. The van der Waals surface area contributed by atoms with Crippen molar-refractivity contribution in [3.05, 3.63) is 29.8 Å². The third-order valence-electron chi connectivity index (χ3n) is 3.51. The van der Waals surface area contributed by atoms with Crippen LogP contribution in [0.25, 0.3) is 0 Å². The van der Waals surface area contributed by atoms with E-state index in [9.17, 15) is 10.2 Å². The van der Waals surface area contributed by atoms with E-state index in [1.165, 1.54) is 0 Å². The van der Waals surface area contributed by atoms with Gasteiger partial charge in [0.05, 0.1) is 5.60 Å². The van der Waals surface area contributed by atoms with Crippen molar-refractivity contribution in [2.24, 2.45) is 5.92 Å². The van der Waals surface area contributed by atoms with Gasteiger partial charge in [0.2, 0.25) is 0 Å². The van der Waals surface area contributed by atoms with Gasteiger partial charge < -0.3 is 10.2 Å². The summed E-state index contributed by atoms with van der Waals surface area (Å²) in [5, 5.41) is 20.2. The van der Waals surface area contributed by atoms with Gasteiger partial charge in [0, 0.05) is 5.56 Å². The maximum absolute atomic E-state index is 10.5. The van der Waals surface area contributed by atoms with Crippen molar-refractivity contribution in [3.63, 3.8) is 0 Å². The maximum Gasteiger partial charge on any atom is 0.121 e. The Morgan fingerprint density at radius 2 is 1.80 bits per heavy atom. The van der Waals surface area contributed by atoms with Gasteiger partial charge in [-0.2, -0.15) is 0 Å². The van der Waals surface area contributed by atoms with Crippen molar-refractivity contribution in [2.75, 3.05) is 0 Å². The first-order valence-corrected chi connectivity index (χ1v) is 5.63. The largest absolute Gasteiger partial charge is 0.508 e. The lowest BCUT2D eigenvalue weighted by atomic mass is 9.75. The summed E-state index contributed by atoms with van der Waals surface area (Å²) in [5.41, 5.74) is -0.116. The Morgan fingerprint density at radius 3 is 2.40 bits per heavy atom. The van der Waals surface area contributed by atoms with Crippen molar-refractivity contribution in [1.29, 1.82) is 0 Å². The maximum atomic E-state index is 10.5. The molecule has 2 heteroatoms. The predicted molar refractivity (Wildman–Crippen MR) is 59.6 cm³/mol. The molecule has 0 unspecified atom stereocenters. The summed E-state index contributed by atoms with van der Waals surface area (Å²) in [4.78, 5) is 0. The third kappa shape index (κ3) is 2.00. The molecule has 1 fully saturated rings. The van der Waals surface area contributed by atoms with Gasteiger partial charge in [0.1, 0.15) is 5.75 Å². The minimum Gasteiger partial charge on any atom is -0.508 e. The summed E-state index contributed by atoms with van der Waals surface area (Å²) in [6.45, 7) is 2.21. The Labute approximate surface area is 90.6 Å². The minimum atomic E-state index is -0.808. The Morgan fingerprint density at radius 1 is 1.20 bits per heavy atom. The number of phenolic OH excluding ortho intramolecular Hbond substituents is 1. The van der Waals surface area contributed by atoms with E-state index in [1.807, 2.05) is 12.1 Å². The van der Waals surface area contributed by atoms with Crippen LogP contribution in [0.1, 0.15) is 38.2 Å². The zero-order chi connectivity index (χ0) is 10.9. The average Bonchev–Trinajstić information content (AvgIpc) is 2.23. The molecule has 1 aromatic carbocycles.